The summed E-state index contributed by atoms with van der Waals surface area (Å²) in [6.45, 7) is 1.86. The van der Waals surface area contributed by atoms with Gasteiger partial charge in [-0.25, -0.2) is 4.79 Å². The lowest BCUT2D eigenvalue weighted by atomic mass is 10.1. The van der Waals surface area contributed by atoms with Crippen molar-refractivity contribution in [1.29, 1.82) is 0 Å². The molecule has 0 fully saturated rings. The summed E-state index contributed by atoms with van der Waals surface area (Å²) in [6, 6.07) is 11.6. The van der Waals surface area contributed by atoms with E-state index in [1.807, 2.05) is 13.0 Å². The molecule has 0 aromatic heterocycles. The SMILES string of the molecule is Cc1c(Br)cccc1NC(=O)c1ccccc1C(=O)O. The molecule has 5 heteroatoms. The van der Waals surface area contributed by atoms with Gasteiger partial charge in [-0.15, -0.1) is 0 Å². The van der Waals surface area contributed by atoms with Gasteiger partial charge in [-0.05, 0) is 36.8 Å². The lowest BCUT2D eigenvalue weighted by Crippen LogP contribution is -2.16. The number of hydrogen-bond donors (Lipinski definition) is 2. The minimum absolute atomic E-state index is 0.0161. The lowest BCUT2D eigenvalue weighted by molar-refractivity contribution is 0.0692. The highest BCUT2D eigenvalue weighted by atomic mass is 79.9. The zero-order chi connectivity index (χ0) is 14.7. The third-order valence-electron chi connectivity index (χ3n) is 2.92. The normalized spacial score (nSPS) is 10.1. The molecule has 2 N–H and O–H groups in total. The predicted octanol–water partition coefficient (Wildman–Crippen LogP) is 3.71. The van der Waals surface area contributed by atoms with Gasteiger partial charge in [0.05, 0.1) is 11.1 Å². The summed E-state index contributed by atoms with van der Waals surface area (Å²) in [7, 11) is 0. The number of benzene rings is 2. The molecule has 2 rings (SSSR count). The highest BCUT2D eigenvalue weighted by molar-refractivity contribution is 9.10. The first-order chi connectivity index (χ1) is 9.50. The summed E-state index contributed by atoms with van der Waals surface area (Å²) in [5.41, 5.74) is 1.65. The Morgan fingerprint density at radius 1 is 1.05 bits per heavy atom. The number of anilines is 1. The fourth-order valence-electron chi connectivity index (χ4n) is 1.80. The molecule has 2 aromatic rings. The number of carboxylic acid groups (broad SMARTS) is 1. The monoisotopic (exact) mass is 333 g/mol. The molecule has 0 heterocycles. The Labute approximate surface area is 124 Å². The molecule has 0 aliphatic heterocycles. The molecule has 0 aliphatic carbocycles. The number of rotatable bonds is 3. The van der Waals surface area contributed by atoms with Gasteiger partial charge in [-0.1, -0.05) is 34.1 Å². The second-order valence-corrected chi connectivity index (χ2v) is 5.07. The molecule has 2 aromatic carbocycles. The number of aromatic carboxylic acids is 1. The second-order valence-electron chi connectivity index (χ2n) is 4.22. The van der Waals surface area contributed by atoms with E-state index in [9.17, 15) is 9.59 Å². The molecule has 0 aliphatic rings. The average molecular weight is 334 g/mol. The smallest absolute Gasteiger partial charge is 0.336 e. The summed E-state index contributed by atoms with van der Waals surface area (Å²) < 4.78 is 0.877. The Morgan fingerprint density at radius 2 is 1.70 bits per heavy atom. The average Bonchev–Trinajstić information content (AvgIpc) is 2.43. The Hall–Kier alpha value is -2.14. The first-order valence-corrected chi connectivity index (χ1v) is 6.69. The summed E-state index contributed by atoms with van der Waals surface area (Å²) >= 11 is 3.38. The maximum Gasteiger partial charge on any atom is 0.336 e. The third-order valence-corrected chi connectivity index (χ3v) is 3.78. The number of hydrogen-bond acceptors (Lipinski definition) is 2. The number of halogens is 1. The van der Waals surface area contributed by atoms with Crippen LogP contribution < -0.4 is 5.32 Å². The topological polar surface area (TPSA) is 66.4 Å². The highest BCUT2D eigenvalue weighted by Crippen LogP contribution is 2.24. The van der Waals surface area contributed by atoms with Crippen molar-refractivity contribution < 1.29 is 14.7 Å². The zero-order valence-corrected chi connectivity index (χ0v) is 12.3. The van der Waals surface area contributed by atoms with E-state index in [0.29, 0.717) is 5.69 Å². The maximum atomic E-state index is 12.2. The van der Waals surface area contributed by atoms with E-state index in [0.717, 1.165) is 10.0 Å². The molecule has 4 nitrogen and oxygen atoms in total. The summed E-state index contributed by atoms with van der Waals surface area (Å²) in [5, 5.41) is 11.8. The van der Waals surface area contributed by atoms with E-state index in [-0.39, 0.29) is 11.1 Å². The van der Waals surface area contributed by atoms with E-state index in [2.05, 4.69) is 21.2 Å². The fraction of sp³-hybridized carbons (Fsp3) is 0.0667. The maximum absolute atomic E-state index is 12.2. The third kappa shape index (κ3) is 2.88. The second kappa shape index (κ2) is 5.88. The van der Waals surface area contributed by atoms with Crippen LogP contribution in [-0.2, 0) is 0 Å². The van der Waals surface area contributed by atoms with Gasteiger partial charge in [0.1, 0.15) is 0 Å². The first kappa shape index (κ1) is 14.3. The van der Waals surface area contributed by atoms with Gasteiger partial charge in [0, 0.05) is 10.2 Å². The summed E-state index contributed by atoms with van der Waals surface area (Å²) in [5.74, 6) is -1.56. The van der Waals surface area contributed by atoms with Crippen LogP contribution >= 0.6 is 15.9 Å². The van der Waals surface area contributed by atoms with Crippen LogP contribution in [0.1, 0.15) is 26.3 Å². The van der Waals surface area contributed by atoms with E-state index in [4.69, 9.17) is 5.11 Å². The van der Waals surface area contributed by atoms with Crippen LogP contribution in [0.4, 0.5) is 5.69 Å². The van der Waals surface area contributed by atoms with Crippen molar-refractivity contribution >= 4 is 33.5 Å². The Balaban J connectivity index is 2.34. The van der Waals surface area contributed by atoms with Crippen LogP contribution in [0.15, 0.2) is 46.9 Å². The molecular formula is C15H12BrNO3. The van der Waals surface area contributed by atoms with Gasteiger partial charge < -0.3 is 10.4 Å². The highest BCUT2D eigenvalue weighted by Gasteiger charge is 2.16. The van der Waals surface area contributed by atoms with Gasteiger partial charge in [0.2, 0.25) is 0 Å². The molecule has 20 heavy (non-hydrogen) atoms. The van der Waals surface area contributed by atoms with Crippen molar-refractivity contribution in [3.8, 4) is 0 Å². The summed E-state index contributed by atoms with van der Waals surface area (Å²) in [6.07, 6.45) is 0. The van der Waals surface area contributed by atoms with Crippen LogP contribution in [0.5, 0.6) is 0 Å². The number of nitrogens with one attached hydrogen (secondary N) is 1. The van der Waals surface area contributed by atoms with Crippen molar-refractivity contribution in [1.82, 2.24) is 0 Å². The molecule has 0 radical (unpaired) electrons. The predicted molar refractivity (Wildman–Crippen MR) is 80.2 cm³/mol. The van der Waals surface area contributed by atoms with E-state index >= 15 is 0 Å². The van der Waals surface area contributed by atoms with Crippen LogP contribution in [0.2, 0.25) is 0 Å². The minimum Gasteiger partial charge on any atom is -0.478 e. The fourth-order valence-corrected chi connectivity index (χ4v) is 2.17. The minimum atomic E-state index is -1.12. The van der Waals surface area contributed by atoms with Crippen LogP contribution in [0, 0.1) is 6.92 Å². The molecule has 1 amide bonds. The van der Waals surface area contributed by atoms with Gasteiger partial charge in [-0.2, -0.15) is 0 Å². The van der Waals surface area contributed by atoms with Gasteiger partial charge in [-0.3, -0.25) is 4.79 Å². The van der Waals surface area contributed by atoms with Crippen molar-refractivity contribution in [2.75, 3.05) is 5.32 Å². The standard InChI is InChI=1S/C15H12BrNO3/c1-9-12(16)7-4-8-13(9)17-14(18)10-5-2-3-6-11(10)15(19)20/h2-8H,1H3,(H,17,18)(H,19,20). The number of amides is 1. The number of carboxylic acids is 1. The molecular weight excluding hydrogens is 322 g/mol. The van der Waals surface area contributed by atoms with Crippen molar-refractivity contribution in [2.24, 2.45) is 0 Å². The van der Waals surface area contributed by atoms with E-state index < -0.39 is 11.9 Å². The molecule has 0 saturated heterocycles. The molecule has 0 saturated carbocycles. The molecule has 0 bridgehead atoms. The molecule has 0 atom stereocenters. The quantitative estimate of drug-likeness (QED) is 0.899. The van der Waals surface area contributed by atoms with Crippen molar-refractivity contribution in [2.45, 2.75) is 6.92 Å². The Bertz CT molecular complexity index is 683. The van der Waals surface area contributed by atoms with Gasteiger partial charge >= 0.3 is 5.97 Å². The van der Waals surface area contributed by atoms with E-state index in [1.165, 1.54) is 12.1 Å². The van der Waals surface area contributed by atoms with Crippen LogP contribution in [0.25, 0.3) is 0 Å². The largest absolute Gasteiger partial charge is 0.478 e. The van der Waals surface area contributed by atoms with E-state index in [1.54, 1.807) is 24.3 Å². The van der Waals surface area contributed by atoms with Crippen LogP contribution in [0.3, 0.4) is 0 Å². The molecule has 102 valence electrons. The Morgan fingerprint density at radius 3 is 2.35 bits per heavy atom. The number of carbonyl (C=O) groups is 2. The van der Waals surface area contributed by atoms with Crippen molar-refractivity contribution in [3.05, 3.63) is 63.6 Å². The first-order valence-electron chi connectivity index (χ1n) is 5.89. The van der Waals surface area contributed by atoms with Crippen LogP contribution in [-0.4, -0.2) is 17.0 Å². The number of carbonyl (C=O) groups excluding carboxylic acids is 1. The lowest BCUT2D eigenvalue weighted by Gasteiger charge is -2.11. The van der Waals surface area contributed by atoms with Gasteiger partial charge in [0.15, 0.2) is 0 Å². The Kier molecular flexibility index (Phi) is 4.20. The molecule has 0 unspecified atom stereocenters. The molecule has 0 spiro atoms. The summed E-state index contributed by atoms with van der Waals surface area (Å²) in [4.78, 5) is 23.3. The van der Waals surface area contributed by atoms with Gasteiger partial charge in [0.25, 0.3) is 5.91 Å². The zero-order valence-electron chi connectivity index (χ0n) is 10.7. The van der Waals surface area contributed by atoms with Crippen molar-refractivity contribution in [3.63, 3.8) is 0 Å².